The Balaban J connectivity index is 1.79. The molecule has 1 fully saturated rings. The number of nitrogens with zero attached hydrogens (tertiary/aromatic N) is 1. The van der Waals surface area contributed by atoms with Crippen molar-refractivity contribution in [1.82, 2.24) is 4.90 Å². The normalized spacial score (nSPS) is 20.0. The monoisotopic (exact) mass is 319 g/mol. The van der Waals surface area contributed by atoms with E-state index in [1.54, 1.807) is 28.0 Å². The number of hydrogen-bond acceptors (Lipinski definition) is 4. The molecule has 1 aliphatic heterocycles. The van der Waals surface area contributed by atoms with Crippen molar-refractivity contribution >= 4 is 29.0 Å². The van der Waals surface area contributed by atoms with Crippen molar-refractivity contribution in [2.24, 2.45) is 0 Å². The number of amides is 1. The van der Waals surface area contributed by atoms with Crippen LogP contribution < -0.4 is 0 Å². The number of carbonyl (C=O) groups is 1. The Morgan fingerprint density at radius 1 is 1.33 bits per heavy atom. The molecule has 0 spiro atoms. The first-order valence-electron chi connectivity index (χ1n) is 6.85. The van der Waals surface area contributed by atoms with Crippen LogP contribution in [0.15, 0.2) is 41.8 Å². The van der Waals surface area contributed by atoms with Crippen molar-refractivity contribution in [3.63, 3.8) is 0 Å². The minimum Gasteiger partial charge on any atom is -0.387 e. The van der Waals surface area contributed by atoms with E-state index in [4.69, 9.17) is 0 Å². The average molecular weight is 319 g/mol. The second-order valence-electron chi connectivity index (χ2n) is 5.10. The van der Waals surface area contributed by atoms with Gasteiger partial charge in [0.1, 0.15) is 5.37 Å². The van der Waals surface area contributed by atoms with Crippen molar-refractivity contribution in [1.29, 1.82) is 0 Å². The molecule has 0 saturated carbocycles. The predicted octanol–water partition coefficient (Wildman–Crippen LogP) is 3.36. The highest BCUT2D eigenvalue weighted by Gasteiger charge is 2.35. The lowest BCUT2D eigenvalue weighted by Gasteiger charge is -2.26. The zero-order chi connectivity index (χ0) is 14.8. The Bertz CT molecular complexity index is 626. The molecule has 2 atom stereocenters. The number of hydrogen-bond donors (Lipinski definition) is 1. The van der Waals surface area contributed by atoms with Crippen molar-refractivity contribution < 1.29 is 9.90 Å². The highest BCUT2D eigenvalue weighted by molar-refractivity contribution is 8.00. The van der Waals surface area contributed by atoms with Gasteiger partial charge in [0.25, 0.3) is 0 Å². The van der Waals surface area contributed by atoms with Gasteiger partial charge in [-0.2, -0.15) is 0 Å². The Kier molecular flexibility index (Phi) is 4.33. The summed E-state index contributed by atoms with van der Waals surface area (Å²) in [7, 11) is 0. The Labute approximate surface area is 132 Å². The number of rotatable bonds is 4. The quantitative estimate of drug-likeness (QED) is 0.939. The standard InChI is InChI=1S/C16H17NO2S2/c1-11-7-8-20-15(11)16-17(14(19)10-21-16)9-13(18)12-5-3-2-4-6-12/h2-8,13,16,18H,9-10H2,1H3. The largest absolute Gasteiger partial charge is 0.387 e. The third-order valence-electron chi connectivity index (χ3n) is 3.65. The van der Waals surface area contributed by atoms with E-state index in [2.05, 4.69) is 18.4 Å². The van der Waals surface area contributed by atoms with Crippen LogP contribution in [-0.4, -0.2) is 28.2 Å². The number of aryl methyl sites for hydroxylation is 1. The highest BCUT2D eigenvalue weighted by atomic mass is 32.2. The third-order valence-corrected chi connectivity index (χ3v) is 6.09. The summed E-state index contributed by atoms with van der Waals surface area (Å²) in [6.45, 7) is 2.42. The summed E-state index contributed by atoms with van der Waals surface area (Å²) < 4.78 is 0. The number of β-amino-alcohol motifs (C(OH)–C–C–N with tert-alkyl or cyclic N) is 1. The molecule has 1 aliphatic rings. The molecular weight excluding hydrogens is 302 g/mol. The summed E-state index contributed by atoms with van der Waals surface area (Å²) >= 11 is 3.32. The van der Waals surface area contributed by atoms with Crippen molar-refractivity contribution in [3.8, 4) is 0 Å². The maximum atomic E-state index is 12.2. The smallest absolute Gasteiger partial charge is 0.233 e. The molecule has 2 heterocycles. The molecule has 1 saturated heterocycles. The van der Waals surface area contributed by atoms with Crippen LogP contribution in [0.2, 0.25) is 0 Å². The molecule has 3 nitrogen and oxygen atoms in total. The maximum Gasteiger partial charge on any atom is 0.233 e. The van der Waals surface area contributed by atoms with Crippen LogP contribution >= 0.6 is 23.1 Å². The molecule has 2 aromatic rings. The van der Waals surface area contributed by atoms with Crippen molar-refractivity contribution in [2.75, 3.05) is 12.3 Å². The van der Waals surface area contributed by atoms with Crippen molar-refractivity contribution in [3.05, 3.63) is 57.8 Å². The molecular formula is C16H17NO2S2. The summed E-state index contributed by atoms with van der Waals surface area (Å²) in [6, 6.07) is 11.6. The van der Waals surface area contributed by atoms with Crippen molar-refractivity contribution in [2.45, 2.75) is 18.4 Å². The van der Waals surface area contributed by atoms with Gasteiger partial charge in [0.05, 0.1) is 18.4 Å². The average Bonchev–Trinajstić information content (AvgIpc) is 3.07. The highest BCUT2D eigenvalue weighted by Crippen LogP contribution is 2.42. The molecule has 110 valence electrons. The van der Waals surface area contributed by atoms with Crippen LogP contribution in [0.3, 0.4) is 0 Å². The molecule has 3 rings (SSSR count). The van der Waals surface area contributed by atoms with E-state index in [0.29, 0.717) is 12.3 Å². The lowest BCUT2D eigenvalue weighted by Crippen LogP contribution is -2.32. The second kappa shape index (κ2) is 6.22. The van der Waals surface area contributed by atoms with E-state index in [1.807, 2.05) is 30.3 Å². The minimum absolute atomic E-state index is 0.0378. The zero-order valence-electron chi connectivity index (χ0n) is 11.7. The molecule has 0 bridgehead atoms. The van der Waals surface area contributed by atoms with Gasteiger partial charge in [-0.3, -0.25) is 4.79 Å². The van der Waals surface area contributed by atoms with Gasteiger partial charge in [-0.05, 0) is 29.5 Å². The van der Waals surface area contributed by atoms with E-state index in [9.17, 15) is 9.90 Å². The summed E-state index contributed by atoms with van der Waals surface area (Å²) in [4.78, 5) is 15.2. The first kappa shape index (κ1) is 14.6. The molecule has 0 aliphatic carbocycles. The molecule has 0 radical (unpaired) electrons. The number of carbonyl (C=O) groups excluding carboxylic acids is 1. The molecule has 1 aromatic carbocycles. The molecule has 1 aromatic heterocycles. The lowest BCUT2D eigenvalue weighted by atomic mass is 10.1. The summed E-state index contributed by atoms with van der Waals surface area (Å²) in [6.07, 6.45) is -0.642. The van der Waals surface area contributed by atoms with Gasteiger partial charge in [-0.15, -0.1) is 23.1 Å². The van der Waals surface area contributed by atoms with E-state index in [-0.39, 0.29) is 11.3 Å². The van der Waals surface area contributed by atoms with Gasteiger partial charge in [0.15, 0.2) is 0 Å². The van der Waals surface area contributed by atoms with Gasteiger partial charge >= 0.3 is 0 Å². The van der Waals surface area contributed by atoms with Gasteiger partial charge in [-0.25, -0.2) is 0 Å². The summed E-state index contributed by atoms with van der Waals surface area (Å²) in [5.74, 6) is 0.594. The van der Waals surface area contributed by atoms with E-state index < -0.39 is 6.10 Å². The van der Waals surface area contributed by atoms with Crippen LogP contribution in [0.1, 0.15) is 27.5 Å². The zero-order valence-corrected chi connectivity index (χ0v) is 13.4. The van der Waals surface area contributed by atoms with E-state index in [0.717, 1.165) is 5.56 Å². The molecule has 1 N–H and O–H groups in total. The predicted molar refractivity (Wildman–Crippen MR) is 87.4 cm³/mol. The van der Waals surface area contributed by atoms with Crippen LogP contribution in [0.4, 0.5) is 0 Å². The summed E-state index contributed by atoms with van der Waals surface area (Å²) in [5.41, 5.74) is 2.07. The fourth-order valence-electron chi connectivity index (χ4n) is 2.47. The van der Waals surface area contributed by atoms with Gasteiger partial charge in [0, 0.05) is 4.88 Å². The van der Waals surface area contributed by atoms with E-state index in [1.165, 1.54) is 10.4 Å². The fourth-order valence-corrected chi connectivity index (χ4v) is 4.95. The Morgan fingerprint density at radius 3 is 2.76 bits per heavy atom. The van der Waals surface area contributed by atoms with Gasteiger partial charge in [-0.1, -0.05) is 30.3 Å². The fraction of sp³-hybridized carbons (Fsp3) is 0.312. The first-order valence-corrected chi connectivity index (χ1v) is 8.77. The third kappa shape index (κ3) is 3.00. The van der Waals surface area contributed by atoms with E-state index >= 15 is 0 Å². The Morgan fingerprint density at radius 2 is 2.10 bits per heavy atom. The first-order chi connectivity index (χ1) is 10.2. The second-order valence-corrected chi connectivity index (χ2v) is 7.12. The molecule has 1 amide bonds. The number of aliphatic hydroxyl groups excluding tert-OH is 1. The number of thiophene rings is 1. The van der Waals surface area contributed by atoms with Gasteiger partial charge < -0.3 is 10.0 Å². The van der Waals surface area contributed by atoms with Crippen LogP contribution in [0.25, 0.3) is 0 Å². The molecule has 5 heteroatoms. The minimum atomic E-state index is -0.642. The topological polar surface area (TPSA) is 40.5 Å². The Hall–Kier alpha value is -1.30. The maximum absolute atomic E-state index is 12.2. The number of aliphatic hydroxyl groups is 1. The van der Waals surface area contributed by atoms with Gasteiger partial charge in [0.2, 0.25) is 5.91 Å². The SMILES string of the molecule is Cc1ccsc1C1SCC(=O)N1CC(O)c1ccccc1. The van der Waals surface area contributed by atoms with Crippen LogP contribution in [-0.2, 0) is 4.79 Å². The van der Waals surface area contributed by atoms with Crippen LogP contribution in [0.5, 0.6) is 0 Å². The van der Waals surface area contributed by atoms with Crippen LogP contribution in [0, 0.1) is 6.92 Å². The molecule has 21 heavy (non-hydrogen) atoms. The number of thioether (sulfide) groups is 1. The molecule has 2 unspecified atom stereocenters. The summed E-state index contributed by atoms with van der Waals surface area (Å²) in [5, 5.41) is 12.5. The number of benzene rings is 1. The lowest BCUT2D eigenvalue weighted by molar-refractivity contribution is -0.129.